The van der Waals surface area contributed by atoms with Crippen LogP contribution in [-0.4, -0.2) is 23.1 Å². The maximum atomic E-state index is 12.1. The fraction of sp³-hybridized carbons (Fsp3) is 0.400. The molecule has 3 nitrogen and oxygen atoms in total. The van der Waals surface area contributed by atoms with Gasteiger partial charge in [0.2, 0.25) is 0 Å². The summed E-state index contributed by atoms with van der Waals surface area (Å²) < 4.78 is 4.81. The fourth-order valence-electron chi connectivity index (χ4n) is 2.45. The lowest BCUT2D eigenvalue weighted by atomic mass is 9.80. The summed E-state index contributed by atoms with van der Waals surface area (Å²) in [6.45, 7) is 3.75. The number of aliphatic hydroxyl groups excluding tert-OH is 1. The van der Waals surface area contributed by atoms with Crippen molar-refractivity contribution >= 4 is 17.6 Å². The van der Waals surface area contributed by atoms with Crippen LogP contribution < -0.4 is 0 Å². The van der Waals surface area contributed by atoms with Gasteiger partial charge in [-0.15, -0.1) is 18.2 Å². The highest BCUT2D eigenvalue weighted by molar-refractivity contribution is 6.35. The maximum absolute atomic E-state index is 12.1. The average Bonchev–Trinajstić information content (AvgIpc) is 3.27. The summed E-state index contributed by atoms with van der Waals surface area (Å²) in [4.78, 5) is 10.6. The molecule has 0 aliphatic heterocycles. The normalized spacial score (nSPS) is 21.0. The third-order valence-electron chi connectivity index (χ3n) is 3.88. The summed E-state index contributed by atoms with van der Waals surface area (Å²) in [7, 11) is 1.27. The van der Waals surface area contributed by atoms with E-state index in [0.29, 0.717) is 5.56 Å². The lowest BCUT2D eigenvalue weighted by Crippen LogP contribution is -2.47. The molecule has 1 aromatic carbocycles. The molecule has 0 aromatic heterocycles. The van der Waals surface area contributed by atoms with Gasteiger partial charge in [-0.05, 0) is 18.4 Å². The van der Waals surface area contributed by atoms with E-state index in [0.717, 1.165) is 12.8 Å². The lowest BCUT2D eigenvalue weighted by Gasteiger charge is -2.35. The van der Waals surface area contributed by atoms with Crippen LogP contribution in [0.4, 0.5) is 0 Å². The quantitative estimate of drug-likeness (QED) is 0.512. The monoisotopic (exact) mass is 280 g/mol. The molecule has 19 heavy (non-hydrogen) atoms. The summed E-state index contributed by atoms with van der Waals surface area (Å²) in [5, 5.41) is 10.6. The van der Waals surface area contributed by atoms with Gasteiger partial charge in [0.1, 0.15) is 6.10 Å². The number of rotatable bonds is 5. The number of esters is 1. The lowest BCUT2D eigenvalue weighted by molar-refractivity contribution is -0.149. The molecule has 0 saturated heterocycles. The summed E-state index contributed by atoms with van der Waals surface area (Å²) in [6.07, 6.45) is 1.96. The Kier molecular flexibility index (Phi) is 3.70. The van der Waals surface area contributed by atoms with E-state index in [2.05, 4.69) is 6.58 Å². The molecule has 1 saturated carbocycles. The van der Waals surface area contributed by atoms with Gasteiger partial charge in [-0.3, -0.25) is 4.79 Å². The summed E-state index contributed by atoms with van der Waals surface area (Å²) in [5.74, 6) is -0.622. The zero-order valence-corrected chi connectivity index (χ0v) is 11.6. The van der Waals surface area contributed by atoms with Crippen molar-refractivity contribution in [2.24, 2.45) is 5.41 Å². The van der Waals surface area contributed by atoms with Crippen LogP contribution in [0.1, 0.15) is 24.5 Å². The van der Waals surface area contributed by atoms with Crippen molar-refractivity contribution in [1.29, 1.82) is 0 Å². The molecule has 1 fully saturated rings. The first-order valence-corrected chi connectivity index (χ1v) is 6.53. The Bertz CT molecular complexity index is 481. The first kappa shape index (κ1) is 14.1. The second-order valence-corrected chi connectivity index (χ2v) is 5.47. The second-order valence-electron chi connectivity index (χ2n) is 4.88. The van der Waals surface area contributed by atoms with E-state index in [1.165, 1.54) is 7.11 Å². The highest BCUT2D eigenvalue weighted by Crippen LogP contribution is 2.62. The Morgan fingerprint density at radius 3 is 2.53 bits per heavy atom. The summed E-state index contributed by atoms with van der Waals surface area (Å²) in [6, 6.07) is 8.90. The molecule has 1 N–H and O–H groups in total. The average molecular weight is 281 g/mol. The topological polar surface area (TPSA) is 46.5 Å². The highest BCUT2D eigenvalue weighted by atomic mass is 35.5. The van der Waals surface area contributed by atoms with Gasteiger partial charge in [-0.25, -0.2) is 0 Å². The van der Waals surface area contributed by atoms with Gasteiger partial charge in [0, 0.05) is 5.41 Å². The molecule has 0 amide bonds. The molecule has 2 atom stereocenters. The molecule has 0 spiro atoms. The Morgan fingerprint density at radius 2 is 2.11 bits per heavy atom. The van der Waals surface area contributed by atoms with Crippen molar-refractivity contribution < 1.29 is 14.6 Å². The van der Waals surface area contributed by atoms with Crippen LogP contribution in [0.2, 0.25) is 0 Å². The highest BCUT2D eigenvalue weighted by Gasteiger charge is 2.65. The van der Waals surface area contributed by atoms with Gasteiger partial charge < -0.3 is 9.84 Å². The molecule has 2 rings (SSSR count). The van der Waals surface area contributed by atoms with E-state index in [1.54, 1.807) is 30.3 Å². The molecular weight excluding hydrogens is 264 g/mol. The Morgan fingerprint density at radius 1 is 1.53 bits per heavy atom. The Balaban J connectivity index is 2.45. The van der Waals surface area contributed by atoms with Crippen LogP contribution in [-0.2, 0) is 9.53 Å². The third-order valence-corrected chi connectivity index (χ3v) is 4.62. The van der Waals surface area contributed by atoms with Crippen LogP contribution in [0.5, 0.6) is 0 Å². The van der Waals surface area contributed by atoms with E-state index < -0.39 is 22.4 Å². The number of aliphatic hydroxyl groups is 1. The minimum Gasteiger partial charge on any atom is -0.468 e. The van der Waals surface area contributed by atoms with E-state index in [4.69, 9.17) is 16.3 Å². The standard InChI is InChI=1S/C15H17ClO3/c1-3-14(9-10-14)15(16,13(18)19-2)12(17)11-7-5-4-6-8-11/h3-8,12,17H,1,9-10H2,2H3/t12-,15+/m0/s1. The number of methoxy groups -OCH3 is 1. The smallest absolute Gasteiger partial charge is 0.330 e. The largest absolute Gasteiger partial charge is 0.468 e. The molecule has 4 heteroatoms. The number of hydrogen-bond donors (Lipinski definition) is 1. The van der Waals surface area contributed by atoms with E-state index in [1.807, 2.05) is 6.07 Å². The molecule has 0 heterocycles. The van der Waals surface area contributed by atoms with Gasteiger partial charge in [0.15, 0.2) is 4.87 Å². The van der Waals surface area contributed by atoms with Crippen LogP contribution in [0.25, 0.3) is 0 Å². The van der Waals surface area contributed by atoms with Crippen molar-refractivity contribution in [3.8, 4) is 0 Å². The number of allylic oxidation sites excluding steroid dienone is 1. The first-order chi connectivity index (χ1) is 9.02. The zero-order chi connectivity index (χ0) is 14.1. The molecule has 1 aromatic rings. The number of alkyl halides is 1. The number of carbonyl (C=O) groups excluding carboxylic acids is 1. The molecule has 102 valence electrons. The Labute approximate surface area is 117 Å². The van der Waals surface area contributed by atoms with Crippen molar-refractivity contribution in [2.45, 2.75) is 23.8 Å². The SMILES string of the molecule is C=CC1([C@](Cl)(C(=O)OC)[C@@H](O)c2ccccc2)CC1. The second kappa shape index (κ2) is 4.99. The predicted molar refractivity (Wildman–Crippen MR) is 73.9 cm³/mol. The van der Waals surface area contributed by atoms with E-state index in [9.17, 15) is 9.90 Å². The number of halogens is 1. The van der Waals surface area contributed by atoms with Crippen molar-refractivity contribution in [1.82, 2.24) is 0 Å². The molecule has 0 radical (unpaired) electrons. The van der Waals surface area contributed by atoms with Crippen molar-refractivity contribution in [3.05, 3.63) is 48.6 Å². The molecular formula is C15H17ClO3. The first-order valence-electron chi connectivity index (χ1n) is 6.16. The minimum absolute atomic E-state index is 0.594. The number of ether oxygens (including phenoxy) is 1. The fourth-order valence-corrected chi connectivity index (χ4v) is 2.92. The predicted octanol–water partition coefficient (Wildman–Crippen LogP) is 2.84. The van der Waals surface area contributed by atoms with Crippen LogP contribution in [0.3, 0.4) is 0 Å². The van der Waals surface area contributed by atoms with Crippen molar-refractivity contribution in [3.63, 3.8) is 0 Å². The van der Waals surface area contributed by atoms with Gasteiger partial charge in [-0.2, -0.15) is 0 Å². The van der Waals surface area contributed by atoms with Crippen LogP contribution >= 0.6 is 11.6 Å². The van der Waals surface area contributed by atoms with E-state index in [-0.39, 0.29) is 0 Å². The number of carbonyl (C=O) groups is 1. The molecule has 1 aliphatic rings. The number of benzene rings is 1. The van der Waals surface area contributed by atoms with E-state index >= 15 is 0 Å². The maximum Gasteiger partial charge on any atom is 0.330 e. The number of hydrogen-bond acceptors (Lipinski definition) is 3. The molecule has 1 aliphatic carbocycles. The van der Waals surface area contributed by atoms with Crippen molar-refractivity contribution in [2.75, 3.05) is 7.11 Å². The van der Waals surface area contributed by atoms with Crippen LogP contribution in [0, 0.1) is 5.41 Å². The molecule has 0 bridgehead atoms. The Hall–Kier alpha value is -1.32. The third kappa shape index (κ3) is 2.07. The minimum atomic E-state index is -1.52. The van der Waals surface area contributed by atoms with Gasteiger partial charge in [-0.1, -0.05) is 36.4 Å². The van der Waals surface area contributed by atoms with Crippen LogP contribution in [0.15, 0.2) is 43.0 Å². The van der Waals surface area contributed by atoms with Gasteiger partial charge in [0.05, 0.1) is 7.11 Å². The summed E-state index contributed by atoms with van der Waals surface area (Å²) in [5.41, 5.74) is -0.00675. The summed E-state index contributed by atoms with van der Waals surface area (Å²) >= 11 is 6.53. The molecule has 0 unspecified atom stereocenters. The van der Waals surface area contributed by atoms with Gasteiger partial charge >= 0.3 is 5.97 Å². The van der Waals surface area contributed by atoms with Gasteiger partial charge in [0.25, 0.3) is 0 Å². The zero-order valence-electron chi connectivity index (χ0n) is 10.8.